The number of nitrogens with one attached hydrogen (secondary N) is 2. The molecule has 1 rings (SSSR count). The Balaban J connectivity index is 2.72. The molecular weight excluding hydrogens is 244 g/mol. The minimum atomic E-state index is -0.683. The molecule has 0 spiro atoms. The Morgan fingerprint density at radius 2 is 2.00 bits per heavy atom. The Kier molecular flexibility index (Phi) is 5.09. The number of H-pyrrole nitrogens is 1. The highest BCUT2D eigenvalue weighted by molar-refractivity contribution is 5.95. The van der Waals surface area contributed by atoms with Gasteiger partial charge in [-0.05, 0) is 24.3 Å². The van der Waals surface area contributed by atoms with Crippen molar-refractivity contribution in [1.29, 1.82) is 0 Å². The fourth-order valence-corrected chi connectivity index (χ4v) is 1.80. The van der Waals surface area contributed by atoms with Crippen molar-refractivity contribution in [1.82, 2.24) is 15.5 Å². The van der Waals surface area contributed by atoms with E-state index in [-0.39, 0.29) is 17.5 Å². The number of aromatic amines is 1. The van der Waals surface area contributed by atoms with Gasteiger partial charge in [-0.1, -0.05) is 27.7 Å². The number of aromatic nitrogens is 2. The van der Waals surface area contributed by atoms with Crippen molar-refractivity contribution < 1.29 is 9.59 Å². The maximum Gasteiger partial charge on any atom is 0.272 e. The van der Waals surface area contributed by atoms with E-state index in [0.29, 0.717) is 5.92 Å². The van der Waals surface area contributed by atoms with E-state index < -0.39 is 11.9 Å². The zero-order valence-electron chi connectivity index (χ0n) is 11.9. The molecule has 4 N–H and O–H groups in total. The maximum absolute atomic E-state index is 12.0. The van der Waals surface area contributed by atoms with Gasteiger partial charge in [-0.25, -0.2) is 0 Å². The second-order valence-corrected chi connectivity index (χ2v) is 5.47. The summed E-state index contributed by atoms with van der Waals surface area (Å²) in [6, 6.07) is 1.02. The smallest absolute Gasteiger partial charge is 0.272 e. The second-order valence-electron chi connectivity index (χ2n) is 5.47. The van der Waals surface area contributed by atoms with Gasteiger partial charge in [-0.2, -0.15) is 5.10 Å². The average molecular weight is 266 g/mol. The maximum atomic E-state index is 12.0. The van der Waals surface area contributed by atoms with Crippen LogP contribution in [0, 0.1) is 11.8 Å². The Labute approximate surface area is 113 Å². The molecule has 0 saturated heterocycles. The number of hydrogen-bond donors (Lipinski definition) is 3. The van der Waals surface area contributed by atoms with E-state index in [0.717, 1.165) is 12.1 Å². The first-order valence-electron chi connectivity index (χ1n) is 6.45. The zero-order chi connectivity index (χ0) is 14.6. The van der Waals surface area contributed by atoms with Crippen molar-refractivity contribution >= 4 is 11.8 Å². The average Bonchev–Trinajstić information content (AvgIpc) is 2.72. The Bertz CT molecular complexity index is 451. The van der Waals surface area contributed by atoms with Gasteiger partial charge in [-0.15, -0.1) is 0 Å². The number of nitrogens with two attached hydrogens (primary N) is 1. The molecule has 1 atom stereocenters. The van der Waals surface area contributed by atoms with E-state index in [1.165, 1.54) is 0 Å². The summed E-state index contributed by atoms with van der Waals surface area (Å²) in [5.74, 6) is -0.508. The summed E-state index contributed by atoms with van der Waals surface area (Å²) in [6.45, 7) is 7.82. The van der Waals surface area contributed by atoms with Crippen LogP contribution < -0.4 is 11.1 Å². The fraction of sp³-hybridized carbons (Fsp3) is 0.615. The molecule has 1 heterocycles. The molecule has 0 aliphatic heterocycles. The minimum Gasteiger partial charge on any atom is -0.368 e. The highest BCUT2D eigenvalue weighted by Gasteiger charge is 2.23. The molecule has 0 radical (unpaired) electrons. The Hall–Kier alpha value is -1.85. The van der Waals surface area contributed by atoms with E-state index in [4.69, 9.17) is 5.73 Å². The number of rotatable bonds is 6. The molecule has 0 aromatic carbocycles. The molecule has 19 heavy (non-hydrogen) atoms. The molecule has 0 bridgehead atoms. The van der Waals surface area contributed by atoms with E-state index >= 15 is 0 Å². The molecule has 106 valence electrons. The molecular formula is C13H22N4O2. The van der Waals surface area contributed by atoms with Crippen LogP contribution in [0.3, 0.4) is 0 Å². The van der Waals surface area contributed by atoms with Crippen molar-refractivity contribution in [2.45, 2.75) is 40.2 Å². The topological polar surface area (TPSA) is 101 Å². The third-order valence-corrected chi connectivity index (χ3v) is 2.75. The van der Waals surface area contributed by atoms with Crippen molar-refractivity contribution in [2.75, 3.05) is 0 Å². The Morgan fingerprint density at radius 1 is 1.37 bits per heavy atom. The summed E-state index contributed by atoms with van der Waals surface area (Å²) in [5, 5.41) is 9.38. The van der Waals surface area contributed by atoms with Gasteiger partial charge < -0.3 is 11.1 Å². The lowest BCUT2D eigenvalue weighted by molar-refractivity contribution is -0.120. The van der Waals surface area contributed by atoms with Crippen LogP contribution in [-0.4, -0.2) is 28.1 Å². The molecule has 6 heteroatoms. The predicted molar refractivity (Wildman–Crippen MR) is 72.4 cm³/mol. The summed E-state index contributed by atoms with van der Waals surface area (Å²) < 4.78 is 0. The van der Waals surface area contributed by atoms with Gasteiger partial charge >= 0.3 is 0 Å². The third kappa shape index (κ3) is 4.39. The van der Waals surface area contributed by atoms with Crippen LogP contribution in [0.25, 0.3) is 0 Å². The van der Waals surface area contributed by atoms with E-state index in [9.17, 15) is 9.59 Å². The lowest BCUT2D eigenvalue weighted by Gasteiger charge is -2.17. The van der Waals surface area contributed by atoms with Crippen LogP contribution in [0.15, 0.2) is 6.07 Å². The highest BCUT2D eigenvalue weighted by Crippen LogP contribution is 2.08. The first-order chi connectivity index (χ1) is 8.81. The summed E-state index contributed by atoms with van der Waals surface area (Å²) in [5.41, 5.74) is 6.44. The van der Waals surface area contributed by atoms with E-state index in [1.807, 2.05) is 13.8 Å². The van der Waals surface area contributed by atoms with Crippen molar-refractivity contribution in [3.63, 3.8) is 0 Å². The number of hydrogen-bond acceptors (Lipinski definition) is 3. The summed E-state index contributed by atoms with van der Waals surface area (Å²) >= 11 is 0. The second kappa shape index (κ2) is 6.36. The molecule has 2 amide bonds. The van der Waals surface area contributed by atoms with Gasteiger partial charge in [0, 0.05) is 5.69 Å². The van der Waals surface area contributed by atoms with E-state index in [2.05, 4.69) is 29.4 Å². The van der Waals surface area contributed by atoms with Gasteiger partial charge in [0.25, 0.3) is 5.91 Å². The monoisotopic (exact) mass is 266 g/mol. The van der Waals surface area contributed by atoms with Gasteiger partial charge in [0.1, 0.15) is 11.7 Å². The number of primary amides is 1. The molecule has 1 aromatic heterocycles. The highest BCUT2D eigenvalue weighted by atomic mass is 16.2. The lowest BCUT2D eigenvalue weighted by Crippen LogP contribution is -2.47. The van der Waals surface area contributed by atoms with Gasteiger partial charge in [0.2, 0.25) is 5.91 Å². The van der Waals surface area contributed by atoms with Gasteiger partial charge in [-0.3, -0.25) is 14.7 Å². The number of carbonyl (C=O) groups excluding carboxylic acids is 2. The molecule has 0 fully saturated rings. The largest absolute Gasteiger partial charge is 0.368 e. The van der Waals surface area contributed by atoms with Crippen LogP contribution in [0.4, 0.5) is 0 Å². The number of carbonyl (C=O) groups is 2. The van der Waals surface area contributed by atoms with Gasteiger partial charge in [0.15, 0.2) is 0 Å². The lowest BCUT2D eigenvalue weighted by atomic mass is 10.0. The van der Waals surface area contributed by atoms with Crippen LogP contribution in [0.1, 0.15) is 43.9 Å². The van der Waals surface area contributed by atoms with Crippen LogP contribution in [-0.2, 0) is 11.2 Å². The quantitative estimate of drug-likeness (QED) is 0.711. The zero-order valence-corrected chi connectivity index (χ0v) is 11.9. The van der Waals surface area contributed by atoms with Crippen LogP contribution >= 0.6 is 0 Å². The summed E-state index contributed by atoms with van der Waals surface area (Å²) in [7, 11) is 0. The predicted octanol–water partition coefficient (Wildman–Crippen LogP) is 0.848. The van der Waals surface area contributed by atoms with Gasteiger partial charge in [0.05, 0.1) is 0 Å². The Morgan fingerprint density at radius 3 is 2.47 bits per heavy atom. The summed E-state index contributed by atoms with van der Waals surface area (Å²) in [4.78, 5) is 23.2. The standard InChI is InChI=1S/C13H22N4O2/c1-7(2)5-9-6-10(17-16-9)13(19)15-11(8(3)4)12(14)18/h6-8,11H,5H2,1-4H3,(H2,14,18)(H,15,19)(H,16,17)/t11-/m0/s1. The molecule has 1 aromatic rings. The SMILES string of the molecule is CC(C)Cc1cc(C(=O)N[C@H](C(N)=O)C(C)C)n[nH]1. The summed E-state index contributed by atoms with van der Waals surface area (Å²) in [6.07, 6.45) is 0.823. The fourth-order valence-electron chi connectivity index (χ4n) is 1.80. The van der Waals surface area contributed by atoms with Crippen LogP contribution in [0.5, 0.6) is 0 Å². The molecule has 0 saturated carbocycles. The van der Waals surface area contributed by atoms with Crippen molar-refractivity contribution in [2.24, 2.45) is 17.6 Å². The third-order valence-electron chi connectivity index (χ3n) is 2.75. The number of nitrogens with zero attached hydrogens (tertiary/aromatic N) is 1. The first kappa shape index (κ1) is 15.2. The van der Waals surface area contributed by atoms with Crippen molar-refractivity contribution in [3.05, 3.63) is 17.5 Å². The molecule has 0 aliphatic rings. The van der Waals surface area contributed by atoms with Crippen molar-refractivity contribution in [3.8, 4) is 0 Å². The molecule has 0 aliphatic carbocycles. The first-order valence-corrected chi connectivity index (χ1v) is 6.45. The number of amides is 2. The van der Waals surface area contributed by atoms with E-state index in [1.54, 1.807) is 6.07 Å². The minimum absolute atomic E-state index is 0.0597. The van der Waals surface area contributed by atoms with Crippen LogP contribution in [0.2, 0.25) is 0 Å². The molecule has 6 nitrogen and oxygen atoms in total. The normalized spacial score (nSPS) is 12.7. The molecule has 0 unspecified atom stereocenters.